The van der Waals surface area contributed by atoms with Crippen molar-refractivity contribution in [2.75, 3.05) is 0 Å². The van der Waals surface area contributed by atoms with Crippen molar-refractivity contribution in [2.24, 2.45) is 5.10 Å². The molecule has 114 valence electrons. The van der Waals surface area contributed by atoms with Gasteiger partial charge in [-0.05, 0) is 36.6 Å². The Hall–Kier alpha value is -2.40. The molecular weight excluding hydrogens is 296 g/mol. The van der Waals surface area contributed by atoms with Crippen molar-refractivity contribution in [3.63, 3.8) is 0 Å². The van der Waals surface area contributed by atoms with E-state index in [9.17, 15) is 8.42 Å². The van der Waals surface area contributed by atoms with E-state index in [1.165, 1.54) is 6.21 Å². The predicted molar refractivity (Wildman–Crippen MR) is 89.4 cm³/mol. The average Bonchev–Trinajstić information content (AvgIpc) is 2.49. The van der Waals surface area contributed by atoms with Crippen LogP contribution in [0.25, 0.3) is 0 Å². The van der Waals surface area contributed by atoms with Gasteiger partial charge in [-0.25, -0.2) is 4.83 Å². The van der Waals surface area contributed by atoms with Crippen molar-refractivity contribution in [1.82, 2.24) is 4.83 Å². The Labute approximate surface area is 131 Å². The lowest BCUT2D eigenvalue weighted by Gasteiger charge is -2.05. The van der Waals surface area contributed by atoms with Gasteiger partial charge >= 0.3 is 0 Å². The summed E-state index contributed by atoms with van der Waals surface area (Å²) in [5.74, 6) is 0. The van der Waals surface area contributed by atoms with Gasteiger partial charge in [0.15, 0.2) is 0 Å². The number of hydrazone groups is 1. The normalized spacial score (nSPS) is 11.5. The molecule has 0 atom stereocenters. The highest BCUT2D eigenvalue weighted by atomic mass is 32.2. The van der Waals surface area contributed by atoms with Crippen LogP contribution in [0.4, 0.5) is 0 Å². The summed E-state index contributed by atoms with van der Waals surface area (Å²) in [7, 11) is -3.64. The van der Waals surface area contributed by atoms with Gasteiger partial charge in [0.1, 0.15) is 0 Å². The fourth-order valence-electron chi connectivity index (χ4n) is 1.94. The van der Waals surface area contributed by atoms with Gasteiger partial charge in [0, 0.05) is 0 Å². The summed E-state index contributed by atoms with van der Waals surface area (Å²) in [6.45, 7) is 5.61. The van der Waals surface area contributed by atoms with E-state index in [1.54, 1.807) is 30.3 Å². The smallest absolute Gasteiger partial charge is 0.200 e. The van der Waals surface area contributed by atoms with Gasteiger partial charge in [-0.2, -0.15) is 13.5 Å². The first kappa shape index (κ1) is 16.0. The van der Waals surface area contributed by atoms with E-state index in [0.29, 0.717) is 6.42 Å². The minimum Gasteiger partial charge on any atom is -0.200 e. The molecule has 0 aliphatic carbocycles. The number of hydrogen-bond donors (Lipinski definition) is 1. The second-order valence-corrected chi connectivity index (χ2v) is 6.52. The molecule has 0 saturated carbocycles. The van der Waals surface area contributed by atoms with Crippen LogP contribution in [-0.2, 0) is 16.4 Å². The number of sulfonamides is 1. The quantitative estimate of drug-likeness (QED) is 0.506. The molecule has 22 heavy (non-hydrogen) atoms. The van der Waals surface area contributed by atoms with E-state index >= 15 is 0 Å². The lowest BCUT2D eigenvalue weighted by Crippen LogP contribution is -2.18. The van der Waals surface area contributed by atoms with E-state index in [0.717, 1.165) is 16.7 Å². The Morgan fingerprint density at radius 1 is 1.14 bits per heavy atom. The summed E-state index contributed by atoms with van der Waals surface area (Å²) in [5, 5.41) is 3.86. The number of benzene rings is 2. The number of nitrogens with one attached hydrogen (secondary N) is 1. The molecule has 0 aromatic heterocycles. The molecule has 5 heteroatoms. The molecule has 0 fully saturated rings. The van der Waals surface area contributed by atoms with Crippen LogP contribution in [0.3, 0.4) is 0 Å². The molecule has 0 aliphatic heterocycles. The minimum absolute atomic E-state index is 0.189. The van der Waals surface area contributed by atoms with Gasteiger partial charge in [-0.1, -0.05) is 48.0 Å². The van der Waals surface area contributed by atoms with Gasteiger partial charge in [0.25, 0.3) is 10.0 Å². The molecule has 2 aromatic carbocycles. The van der Waals surface area contributed by atoms with Crippen LogP contribution in [0, 0.1) is 6.92 Å². The molecule has 0 aliphatic rings. The van der Waals surface area contributed by atoms with Gasteiger partial charge in [-0.3, -0.25) is 0 Å². The molecule has 4 nitrogen and oxygen atoms in total. The standard InChI is InChI=1S/C17H18N2O2S/c1-3-6-15-7-4-5-8-16(15)13-18-19-22(20,21)17-11-9-14(2)10-12-17/h3-5,7-13,19H,1,6H2,2H3. The van der Waals surface area contributed by atoms with Gasteiger partial charge in [0.05, 0.1) is 11.1 Å². The molecule has 0 radical (unpaired) electrons. The van der Waals surface area contributed by atoms with Crippen molar-refractivity contribution in [3.05, 3.63) is 77.9 Å². The number of nitrogens with zero attached hydrogens (tertiary/aromatic N) is 1. The maximum absolute atomic E-state index is 12.1. The largest absolute Gasteiger partial charge is 0.276 e. The molecule has 0 amide bonds. The number of aryl methyl sites for hydroxylation is 1. The zero-order chi connectivity index (χ0) is 16.0. The van der Waals surface area contributed by atoms with Gasteiger partial charge in [0.2, 0.25) is 0 Å². The van der Waals surface area contributed by atoms with Crippen LogP contribution < -0.4 is 4.83 Å². The molecule has 0 unspecified atom stereocenters. The van der Waals surface area contributed by atoms with Crippen LogP contribution in [0.15, 0.2) is 71.2 Å². The van der Waals surface area contributed by atoms with Gasteiger partial charge < -0.3 is 0 Å². The number of allylic oxidation sites excluding steroid dienone is 1. The summed E-state index contributed by atoms with van der Waals surface area (Å²) in [4.78, 5) is 2.42. The fraction of sp³-hybridized carbons (Fsp3) is 0.118. The Morgan fingerprint density at radius 2 is 1.82 bits per heavy atom. The Bertz CT molecular complexity index is 779. The van der Waals surface area contributed by atoms with E-state index < -0.39 is 10.0 Å². The van der Waals surface area contributed by atoms with Crippen molar-refractivity contribution < 1.29 is 8.42 Å². The monoisotopic (exact) mass is 314 g/mol. The third kappa shape index (κ3) is 4.05. The van der Waals surface area contributed by atoms with Gasteiger partial charge in [-0.15, -0.1) is 6.58 Å². The zero-order valence-electron chi connectivity index (χ0n) is 12.4. The zero-order valence-corrected chi connectivity index (χ0v) is 13.2. The molecule has 0 bridgehead atoms. The Kier molecular flexibility index (Phi) is 5.12. The third-order valence-electron chi connectivity index (χ3n) is 3.13. The first-order chi connectivity index (χ1) is 10.5. The first-order valence-electron chi connectivity index (χ1n) is 6.83. The molecule has 0 spiro atoms. The van der Waals surface area contributed by atoms with Crippen molar-refractivity contribution >= 4 is 16.2 Å². The Morgan fingerprint density at radius 3 is 2.50 bits per heavy atom. The lowest BCUT2D eigenvalue weighted by atomic mass is 10.1. The van der Waals surface area contributed by atoms with Crippen LogP contribution in [0.2, 0.25) is 0 Å². The summed E-state index contributed by atoms with van der Waals surface area (Å²) < 4.78 is 24.2. The minimum atomic E-state index is -3.64. The Balaban J connectivity index is 2.15. The second kappa shape index (κ2) is 7.04. The van der Waals surface area contributed by atoms with E-state index in [-0.39, 0.29) is 4.90 Å². The maximum Gasteiger partial charge on any atom is 0.276 e. The van der Waals surface area contributed by atoms with Crippen LogP contribution >= 0.6 is 0 Å². The molecule has 2 rings (SSSR count). The van der Waals surface area contributed by atoms with Crippen molar-refractivity contribution in [3.8, 4) is 0 Å². The van der Waals surface area contributed by atoms with E-state index in [2.05, 4.69) is 16.5 Å². The summed E-state index contributed by atoms with van der Waals surface area (Å²) in [6, 6.07) is 14.2. The molecule has 2 aromatic rings. The van der Waals surface area contributed by atoms with Crippen LogP contribution in [-0.4, -0.2) is 14.6 Å². The first-order valence-corrected chi connectivity index (χ1v) is 8.31. The fourth-order valence-corrected chi connectivity index (χ4v) is 2.73. The second-order valence-electron chi connectivity index (χ2n) is 4.86. The average molecular weight is 314 g/mol. The van der Waals surface area contributed by atoms with Crippen LogP contribution in [0.1, 0.15) is 16.7 Å². The highest BCUT2D eigenvalue weighted by Gasteiger charge is 2.11. The molecule has 0 heterocycles. The highest BCUT2D eigenvalue weighted by Crippen LogP contribution is 2.10. The van der Waals surface area contributed by atoms with Crippen molar-refractivity contribution in [1.29, 1.82) is 0 Å². The van der Waals surface area contributed by atoms with Crippen molar-refractivity contribution in [2.45, 2.75) is 18.2 Å². The highest BCUT2D eigenvalue weighted by molar-refractivity contribution is 7.89. The molecule has 0 saturated heterocycles. The van der Waals surface area contributed by atoms with Crippen LogP contribution in [0.5, 0.6) is 0 Å². The summed E-state index contributed by atoms with van der Waals surface area (Å²) in [5.41, 5.74) is 2.89. The summed E-state index contributed by atoms with van der Waals surface area (Å²) in [6.07, 6.45) is 4.00. The topological polar surface area (TPSA) is 58.5 Å². The molecular formula is C17H18N2O2S. The summed E-state index contributed by atoms with van der Waals surface area (Å²) >= 11 is 0. The van der Waals surface area contributed by atoms with E-state index in [1.807, 2.05) is 31.2 Å². The predicted octanol–water partition coefficient (Wildman–Crippen LogP) is 3.04. The molecule has 1 N–H and O–H groups in total. The third-order valence-corrected chi connectivity index (χ3v) is 4.37. The SMILES string of the molecule is C=CCc1ccccc1C=NNS(=O)(=O)c1ccc(C)cc1. The number of rotatable bonds is 6. The number of hydrogen-bond acceptors (Lipinski definition) is 3. The van der Waals surface area contributed by atoms with E-state index in [4.69, 9.17) is 0 Å². The maximum atomic E-state index is 12.1. The lowest BCUT2D eigenvalue weighted by molar-refractivity contribution is 0.584.